The molecule has 0 aliphatic heterocycles. The van der Waals surface area contributed by atoms with Crippen LogP contribution < -0.4 is 5.73 Å². The zero-order valence-electron chi connectivity index (χ0n) is 11.2. The van der Waals surface area contributed by atoms with Crippen molar-refractivity contribution < 1.29 is 0 Å². The Morgan fingerprint density at radius 1 is 1.29 bits per heavy atom. The molecule has 0 aliphatic rings. The first kappa shape index (κ1) is 13.9. The van der Waals surface area contributed by atoms with Gasteiger partial charge in [0.05, 0.1) is 0 Å². The number of nitrogen functional groups attached to an aromatic ring is 1. The van der Waals surface area contributed by atoms with E-state index in [2.05, 4.69) is 41.9 Å². The number of hydrogen-bond acceptors (Lipinski definition) is 4. The van der Waals surface area contributed by atoms with Gasteiger partial charge in [-0.2, -0.15) is 0 Å². The van der Waals surface area contributed by atoms with Gasteiger partial charge in [-0.05, 0) is 46.2 Å². The minimum Gasteiger partial charge on any atom is -0.383 e. The Labute approximate surface area is 104 Å². The molecule has 0 fully saturated rings. The second-order valence-corrected chi connectivity index (χ2v) is 4.57. The van der Waals surface area contributed by atoms with Gasteiger partial charge >= 0.3 is 0 Å². The van der Waals surface area contributed by atoms with Crippen LogP contribution in [0.1, 0.15) is 18.9 Å². The number of aromatic nitrogens is 1. The van der Waals surface area contributed by atoms with E-state index in [0.29, 0.717) is 5.82 Å². The van der Waals surface area contributed by atoms with Gasteiger partial charge in [-0.3, -0.25) is 4.90 Å². The predicted octanol–water partition coefficient (Wildman–Crippen LogP) is 1.44. The van der Waals surface area contributed by atoms with Crippen LogP contribution in [-0.2, 0) is 6.54 Å². The standard InChI is InChI=1S/C13H24N4/c1-4-17(10-6-9-16(2)3)11-12-7-5-8-15-13(12)14/h5,7-8H,4,6,9-11H2,1-3H3,(H2,14,15). The first-order valence-electron chi connectivity index (χ1n) is 6.20. The lowest BCUT2D eigenvalue weighted by molar-refractivity contribution is 0.259. The van der Waals surface area contributed by atoms with E-state index in [0.717, 1.165) is 31.7 Å². The molecule has 0 aromatic carbocycles. The van der Waals surface area contributed by atoms with Crippen molar-refractivity contribution in [1.82, 2.24) is 14.8 Å². The average Bonchev–Trinajstić information content (AvgIpc) is 2.30. The zero-order valence-corrected chi connectivity index (χ0v) is 11.2. The Kier molecular flexibility index (Phi) is 5.94. The lowest BCUT2D eigenvalue weighted by Gasteiger charge is -2.21. The summed E-state index contributed by atoms with van der Waals surface area (Å²) in [4.78, 5) is 8.73. The van der Waals surface area contributed by atoms with Gasteiger partial charge in [0.15, 0.2) is 0 Å². The van der Waals surface area contributed by atoms with E-state index in [4.69, 9.17) is 5.73 Å². The zero-order chi connectivity index (χ0) is 12.7. The lowest BCUT2D eigenvalue weighted by Crippen LogP contribution is -2.27. The van der Waals surface area contributed by atoms with Crippen LogP contribution in [0.4, 0.5) is 5.82 Å². The van der Waals surface area contributed by atoms with E-state index >= 15 is 0 Å². The normalized spacial score (nSPS) is 11.4. The van der Waals surface area contributed by atoms with Crippen molar-refractivity contribution in [2.75, 3.05) is 39.5 Å². The Morgan fingerprint density at radius 3 is 2.65 bits per heavy atom. The number of anilines is 1. The highest BCUT2D eigenvalue weighted by Crippen LogP contribution is 2.10. The largest absolute Gasteiger partial charge is 0.383 e. The number of pyridine rings is 1. The third-order valence-electron chi connectivity index (χ3n) is 2.85. The molecule has 96 valence electrons. The van der Waals surface area contributed by atoms with Crippen molar-refractivity contribution >= 4 is 5.82 Å². The van der Waals surface area contributed by atoms with E-state index in [1.54, 1.807) is 6.20 Å². The topological polar surface area (TPSA) is 45.4 Å². The summed E-state index contributed by atoms with van der Waals surface area (Å²) in [7, 11) is 4.21. The summed E-state index contributed by atoms with van der Waals surface area (Å²) in [5.74, 6) is 0.651. The fourth-order valence-electron chi connectivity index (χ4n) is 1.78. The molecule has 0 radical (unpaired) electrons. The molecule has 17 heavy (non-hydrogen) atoms. The predicted molar refractivity (Wildman–Crippen MR) is 72.8 cm³/mol. The van der Waals surface area contributed by atoms with Crippen LogP contribution in [0.5, 0.6) is 0 Å². The molecule has 4 heteroatoms. The van der Waals surface area contributed by atoms with Gasteiger partial charge < -0.3 is 10.6 Å². The maximum Gasteiger partial charge on any atom is 0.127 e. The Hall–Kier alpha value is -1.13. The molecule has 0 atom stereocenters. The van der Waals surface area contributed by atoms with Crippen molar-refractivity contribution in [3.05, 3.63) is 23.9 Å². The Morgan fingerprint density at radius 2 is 2.06 bits per heavy atom. The average molecular weight is 236 g/mol. The monoisotopic (exact) mass is 236 g/mol. The molecular weight excluding hydrogens is 212 g/mol. The highest BCUT2D eigenvalue weighted by atomic mass is 15.1. The summed E-state index contributed by atoms with van der Waals surface area (Å²) in [5, 5.41) is 0. The molecule has 1 aromatic rings. The van der Waals surface area contributed by atoms with Crippen LogP contribution in [0.15, 0.2) is 18.3 Å². The molecule has 4 nitrogen and oxygen atoms in total. The van der Waals surface area contributed by atoms with Crippen LogP contribution in [0.25, 0.3) is 0 Å². The SMILES string of the molecule is CCN(CCCN(C)C)Cc1cccnc1N. The summed E-state index contributed by atoms with van der Waals surface area (Å²) >= 11 is 0. The number of hydrogen-bond donors (Lipinski definition) is 1. The number of nitrogens with two attached hydrogens (primary N) is 1. The number of nitrogens with zero attached hydrogens (tertiary/aromatic N) is 3. The summed E-state index contributed by atoms with van der Waals surface area (Å²) in [6.07, 6.45) is 2.92. The van der Waals surface area contributed by atoms with Crippen LogP contribution in [0.2, 0.25) is 0 Å². The smallest absolute Gasteiger partial charge is 0.127 e. The molecule has 0 spiro atoms. The molecule has 0 bridgehead atoms. The quantitative estimate of drug-likeness (QED) is 0.778. The summed E-state index contributed by atoms with van der Waals surface area (Å²) < 4.78 is 0. The van der Waals surface area contributed by atoms with Crippen molar-refractivity contribution in [1.29, 1.82) is 0 Å². The third kappa shape index (κ3) is 5.15. The second-order valence-electron chi connectivity index (χ2n) is 4.57. The van der Waals surface area contributed by atoms with E-state index in [1.165, 1.54) is 6.42 Å². The van der Waals surface area contributed by atoms with Gasteiger partial charge in [0.25, 0.3) is 0 Å². The summed E-state index contributed by atoms with van der Waals surface area (Å²) in [5.41, 5.74) is 6.98. The van der Waals surface area contributed by atoms with Gasteiger partial charge in [0.2, 0.25) is 0 Å². The van der Waals surface area contributed by atoms with Crippen LogP contribution in [-0.4, -0.2) is 48.5 Å². The fraction of sp³-hybridized carbons (Fsp3) is 0.615. The molecule has 0 saturated carbocycles. The lowest BCUT2D eigenvalue weighted by atomic mass is 10.2. The molecule has 1 aromatic heterocycles. The fourth-order valence-corrected chi connectivity index (χ4v) is 1.78. The van der Waals surface area contributed by atoms with E-state index in [-0.39, 0.29) is 0 Å². The van der Waals surface area contributed by atoms with Gasteiger partial charge in [0, 0.05) is 18.3 Å². The first-order valence-corrected chi connectivity index (χ1v) is 6.20. The Bertz CT molecular complexity index is 325. The van der Waals surface area contributed by atoms with Crippen LogP contribution in [0.3, 0.4) is 0 Å². The van der Waals surface area contributed by atoms with E-state index in [9.17, 15) is 0 Å². The molecule has 1 rings (SSSR count). The maximum atomic E-state index is 5.85. The molecular formula is C13H24N4. The molecule has 0 aliphatic carbocycles. The van der Waals surface area contributed by atoms with E-state index < -0.39 is 0 Å². The van der Waals surface area contributed by atoms with Crippen molar-refractivity contribution in [2.24, 2.45) is 0 Å². The highest BCUT2D eigenvalue weighted by molar-refractivity contribution is 5.38. The van der Waals surface area contributed by atoms with Crippen LogP contribution in [0, 0.1) is 0 Å². The van der Waals surface area contributed by atoms with Crippen molar-refractivity contribution in [2.45, 2.75) is 19.9 Å². The van der Waals surface area contributed by atoms with Gasteiger partial charge in [-0.25, -0.2) is 4.98 Å². The van der Waals surface area contributed by atoms with Gasteiger partial charge in [-0.15, -0.1) is 0 Å². The maximum absolute atomic E-state index is 5.85. The van der Waals surface area contributed by atoms with Crippen molar-refractivity contribution in [3.63, 3.8) is 0 Å². The second kappa shape index (κ2) is 7.25. The minimum absolute atomic E-state index is 0.651. The first-order chi connectivity index (χ1) is 8.13. The highest BCUT2D eigenvalue weighted by Gasteiger charge is 2.06. The van der Waals surface area contributed by atoms with Gasteiger partial charge in [-0.1, -0.05) is 13.0 Å². The minimum atomic E-state index is 0.651. The molecule has 0 amide bonds. The molecule has 2 N–H and O–H groups in total. The summed E-state index contributed by atoms with van der Waals surface area (Å²) in [6, 6.07) is 4.00. The van der Waals surface area contributed by atoms with Crippen LogP contribution >= 0.6 is 0 Å². The Balaban J connectivity index is 2.44. The third-order valence-corrected chi connectivity index (χ3v) is 2.85. The number of rotatable bonds is 7. The molecule has 0 saturated heterocycles. The summed E-state index contributed by atoms with van der Waals surface area (Å²) in [6.45, 7) is 6.34. The molecule has 1 heterocycles. The van der Waals surface area contributed by atoms with Crippen molar-refractivity contribution in [3.8, 4) is 0 Å². The van der Waals surface area contributed by atoms with Gasteiger partial charge in [0.1, 0.15) is 5.82 Å². The van der Waals surface area contributed by atoms with E-state index in [1.807, 2.05) is 6.07 Å². The molecule has 0 unspecified atom stereocenters.